The van der Waals surface area contributed by atoms with Crippen molar-refractivity contribution in [3.8, 4) is 0 Å². The standard InChI is InChI=1S/C10H18O6/c1-5(11)9(13)15-7(3)8(4)16-10(14)6(2)12/h5-8,11-12H,1-4H3. The fourth-order valence-corrected chi connectivity index (χ4v) is 0.755. The van der Waals surface area contributed by atoms with Crippen LogP contribution in [0.4, 0.5) is 0 Å². The van der Waals surface area contributed by atoms with Crippen LogP contribution in [0, 0.1) is 0 Å². The largest absolute Gasteiger partial charge is 0.457 e. The maximum atomic E-state index is 11.0. The second kappa shape index (κ2) is 6.44. The summed E-state index contributed by atoms with van der Waals surface area (Å²) in [4.78, 5) is 22.0. The van der Waals surface area contributed by atoms with Gasteiger partial charge in [0.1, 0.15) is 24.4 Å². The van der Waals surface area contributed by atoms with Crippen LogP contribution in [0.25, 0.3) is 0 Å². The van der Waals surface area contributed by atoms with Gasteiger partial charge < -0.3 is 19.7 Å². The van der Waals surface area contributed by atoms with Crippen molar-refractivity contribution in [3.63, 3.8) is 0 Å². The van der Waals surface area contributed by atoms with Crippen LogP contribution in [0.15, 0.2) is 0 Å². The molecule has 0 saturated heterocycles. The zero-order valence-corrected chi connectivity index (χ0v) is 9.84. The minimum absolute atomic E-state index is 0.690. The molecule has 0 aliphatic carbocycles. The number of carbonyl (C=O) groups excluding carboxylic acids is 2. The number of aliphatic hydroxyl groups is 2. The molecule has 0 aromatic carbocycles. The summed E-state index contributed by atoms with van der Waals surface area (Å²) in [5.74, 6) is -1.57. The first-order valence-electron chi connectivity index (χ1n) is 5.02. The summed E-state index contributed by atoms with van der Waals surface area (Å²) in [5.41, 5.74) is 0. The van der Waals surface area contributed by atoms with Crippen LogP contribution >= 0.6 is 0 Å². The van der Waals surface area contributed by atoms with Crippen molar-refractivity contribution in [1.82, 2.24) is 0 Å². The molecule has 0 heterocycles. The average molecular weight is 234 g/mol. The summed E-state index contributed by atoms with van der Waals surface area (Å²) < 4.78 is 9.61. The third-order valence-electron chi connectivity index (χ3n) is 1.95. The number of ether oxygens (including phenoxy) is 2. The minimum atomic E-state index is -1.22. The molecule has 0 amide bonds. The molecule has 4 unspecified atom stereocenters. The highest BCUT2D eigenvalue weighted by Gasteiger charge is 2.23. The molecule has 0 rings (SSSR count). The zero-order valence-electron chi connectivity index (χ0n) is 9.84. The van der Waals surface area contributed by atoms with Crippen LogP contribution in [-0.4, -0.2) is 46.6 Å². The fraction of sp³-hybridized carbons (Fsp3) is 0.800. The average Bonchev–Trinajstić information content (AvgIpc) is 2.16. The Morgan fingerprint density at radius 3 is 1.25 bits per heavy atom. The molecule has 6 heteroatoms. The maximum absolute atomic E-state index is 11.0. The monoisotopic (exact) mass is 234 g/mol. The van der Waals surface area contributed by atoms with E-state index in [0.717, 1.165) is 0 Å². The molecule has 0 aromatic rings. The lowest BCUT2D eigenvalue weighted by Crippen LogP contribution is -2.35. The van der Waals surface area contributed by atoms with E-state index >= 15 is 0 Å². The maximum Gasteiger partial charge on any atom is 0.335 e. The Morgan fingerprint density at radius 2 is 1.06 bits per heavy atom. The highest BCUT2D eigenvalue weighted by atomic mass is 16.6. The van der Waals surface area contributed by atoms with Crippen LogP contribution in [0.3, 0.4) is 0 Å². The van der Waals surface area contributed by atoms with E-state index in [9.17, 15) is 9.59 Å². The first-order chi connectivity index (χ1) is 7.25. The molecule has 0 radical (unpaired) electrons. The van der Waals surface area contributed by atoms with Crippen molar-refractivity contribution in [3.05, 3.63) is 0 Å². The van der Waals surface area contributed by atoms with Crippen molar-refractivity contribution in [2.75, 3.05) is 0 Å². The van der Waals surface area contributed by atoms with Gasteiger partial charge in [-0.05, 0) is 27.7 Å². The minimum Gasteiger partial charge on any atom is -0.457 e. The number of hydrogen-bond donors (Lipinski definition) is 2. The normalized spacial score (nSPS) is 18.1. The number of carbonyl (C=O) groups is 2. The highest BCUT2D eigenvalue weighted by molar-refractivity contribution is 5.75. The summed E-state index contributed by atoms with van der Waals surface area (Å²) in [5, 5.41) is 17.8. The van der Waals surface area contributed by atoms with Gasteiger partial charge in [0.05, 0.1) is 0 Å². The van der Waals surface area contributed by atoms with Gasteiger partial charge in [0, 0.05) is 0 Å². The van der Waals surface area contributed by atoms with E-state index < -0.39 is 36.4 Å². The van der Waals surface area contributed by atoms with Gasteiger partial charge in [0.15, 0.2) is 0 Å². The van der Waals surface area contributed by atoms with Crippen molar-refractivity contribution in [2.45, 2.75) is 52.1 Å². The first-order valence-corrected chi connectivity index (χ1v) is 5.02. The van der Waals surface area contributed by atoms with Crippen LogP contribution in [0.1, 0.15) is 27.7 Å². The molecular formula is C10H18O6. The Kier molecular flexibility index (Phi) is 5.98. The van der Waals surface area contributed by atoms with Crippen LogP contribution in [-0.2, 0) is 19.1 Å². The third-order valence-corrected chi connectivity index (χ3v) is 1.95. The van der Waals surface area contributed by atoms with E-state index in [4.69, 9.17) is 19.7 Å². The molecule has 2 N–H and O–H groups in total. The van der Waals surface area contributed by atoms with Crippen molar-refractivity contribution >= 4 is 11.9 Å². The summed E-state index contributed by atoms with van der Waals surface area (Å²) in [6, 6.07) is 0. The molecule has 0 aliphatic rings. The van der Waals surface area contributed by atoms with Gasteiger partial charge in [-0.25, -0.2) is 9.59 Å². The van der Waals surface area contributed by atoms with Crippen LogP contribution in [0.5, 0.6) is 0 Å². The van der Waals surface area contributed by atoms with Crippen LogP contribution in [0.2, 0.25) is 0 Å². The molecular weight excluding hydrogens is 216 g/mol. The molecule has 4 atom stereocenters. The molecule has 0 aliphatic heterocycles. The van der Waals surface area contributed by atoms with Crippen molar-refractivity contribution < 1.29 is 29.3 Å². The molecule has 16 heavy (non-hydrogen) atoms. The van der Waals surface area contributed by atoms with E-state index in [0.29, 0.717) is 0 Å². The van der Waals surface area contributed by atoms with Gasteiger partial charge in [-0.1, -0.05) is 0 Å². The lowest BCUT2D eigenvalue weighted by Gasteiger charge is -2.21. The number of esters is 2. The zero-order chi connectivity index (χ0) is 12.9. The van der Waals surface area contributed by atoms with Gasteiger partial charge in [-0.3, -0.25) is 0 Å². The quantitative estimate of drug-likeness (QED) is 0.629. The molecule has 0 aromatic heterocycles. The second-order valence-electron chi connectivity index (χ2n) is 3.64. The molecule has 0 bridgehead atoms. The molecule has 94 valence electrons. The Balaban J connectivity index is 4.14. The summed E-state index contributed by atoms with van der Waals surface area (Å²) in [7, 11) is 0. The number of rotatable bonds is 5. The Labute approximate surface area is 94.2 Å². The topological polar surface area (TPSA) is 93.1 Å². The summed E-state index contributed by atoms with van der Waals surface area (Å²) in [6.07, 6.45) is -3.82. The SMILES string of the molecule is CC(O)C(=O)OC(C)C(C)OC(=O)C(C)O. The summed E-state index contributed by atoms with van der Waals surface area (Å²) in [6.45, 7) is 5.61. The highest BCUT2D eigenvalue weighted by Crippen LogP contribution is 2.06. The van der Waals surface area contributed by atoms with Crippen molar-refractivity contribution in [1.29, 1.82) is 0 Å². The van der Waals surface area contributed by atoms with Gasteiger partial charge in [0.2, 0.25) is 0 Å². The third kappa shape index (κ3) is 5.09. The Morgan fingerprint density at radius 1 is 0.812 bits per heavy atom. The Hall–Kier alpha value is -1.14. The molecule has 0 spiro atoms. The first kappa shape index (κ1) is 14.9. The van der Waals surface area contributed by atoms with Gasteiger partial charge in [-0.2, -0.15) is 0 Å². The predicted octanol–water partition coefficient (Wildman–Crippen LogP) is -0.389. The predicted molar refractivity (Wildman–Crippen MR) is 54.5 cm³/mol. The van der Waals surface area contributed by atoms with Crippen molar-refractivity contribution in [2.24, 2.45) is 0 Å². The second-order valence-corrected chi connectivity index (χ2v) is 3.64. The Bertz CT molecular complexity index is 222. The molecule has 0 saturated carbocycles. The van der Waals surface area contributed by atoms with Gasteiger partial charge in [-0.15, -0.1) is 0 Å². The van der Waals surface area contributed by atoms with E-state index in [-0.39, 0.29) is 0 Å². The van der Waals surface area contributed by atoms with E-state index in [1.807, 2.05) is 0 Å². The smallest absolute Gasteiger partial charge is 0.335 e. The lowest BCUT2D eigenvalue weighted by atomic mass is 10.2. The van der Waals surface area contributed by atoms with Gasteiger partial charge >= 0.3 is 11.9 Å². The number of aliphatic hydroxyl groups excluding tert-OH is 2. The summed E-state index contributed by atoms with van der Waals surface area (Å²) >= 11 is 0. The number of hydrogen-bond acceptors (Lipinski definition) is 6. The lowest BCUT2D eigenvalue weighted by molar-refractivity contribution is -0.174. The molecule has 0 fully saturated rings. The molecule has 6 nitrogen and oxygen atoms in total. The van der Waals surface area contributed by atoms with E-state index in [2.05, 4.69) is 0 Å². The van der Waals surface area contributed by atoms with E-state index in [1.54, 1.807) is 0 Å². The van der Waals surface area contributed by atoms with Crippen LogP contribution < -0.4 is 0 Å². The van der Waals surface area contributed by atoms with E-state index in [1.165, 1.54) is 27.7 Å². The fourth-order valence-electron chi connectivity index (χ4n) is 0.755. The van der Waals surface area contributed by atoms with Gasteiger partial charge in [0.25, 0.3) is 0 Å².